The molecule has 0 saturated heterocycles. The minimum absolute atomic E-state index is 0.0594. The summed E-state index contributed by atoms with van der Waals surface area (Å²) in [5.74, 6) is -1.55. The molecule has 3 heteroatoms. The van der Waals surface area contributed by atoms with Crippen LogP contribution >= 0.6 is 0 Å². The van der Waals surface area contributed by atoms with E-state index < -0.39 is 11.6 Å². The molecule has 0 amide bonds. The molecular weight excluding hydrogens is 232 g/mol. The number of halogens is 2. The molecule has 1 atom stereocenters. The van der Waals surface area contributed by atoms with Gasteiger partial charge in [0.05, 0.1) is 0 Å². The zero-order valence-corrected chi connectivity index (χ0v) is 11.1. The predicted octanol–water partition coefficient (Wildman–Crippen LogP) is 4.20. The van der Waals surface area contributed by atoms with E-state index in [1.165, 1.54) is 37.8 Å². The van der Waals surface area contributed by atoms with Gasteiger partial charge in [-0.2, -0.15) is 0 Å². The van der Waals surface area contributed by atoms with E-state index in [2.05, 4.69) is 12.2 Å². The van der Waals surface area contributed by atoms with E-state index in [1.807, 2.05) is 6.92 Å². The first-order valence-corrected chi connectivity index (χ1v) is 6.75. The van der Waals surface area contributed by atoms with Gasteiger partial charge in [0.1, 0.15) is 0 Å². The maximum Gasteiger partial charge on any atom is 0.159 e. The van der Waals surface area contributed by atoms with Crippen molar-refractivity contribution in [1.82, 2.24) is 5.32 Å². The molecular formula is C15H21F2N. The molecule has 1 aliphatic rings. The van der Waals surface area contributed by atoms with Crippen molar-refractivity contribution in [2.45, 2.75) is 45.6 Å². The van der Waals surface area contributed by atoms with E-state index in [4.69, 9.17) is 0 Å². The van der Waals surface area contributed by atoms with Crippen LogP contribution in [0.2, 0.25) is 0 Å². The second kappa shape index (κ2) is 5.35. The Labute approximate surface area is 108 Å². The van der Waals surface area contributed by atoms with Gasteiger partial charge in [0.15, 0.2) is 11.6 Å². The van der Waals surface area contributed by atoms with Crippen molar-refractivity contribution in [2.24, 2.45) is 5.41 Å². The van der Waals surface area contributed by atoms with Gasteiger partial charge < -0.3 is 5.32 Å². The fraction of sp³-hybridized carbons (Fsp3) is 0.600. The molecule has 1 aliphatic carbocycles. The lowest BCUT2D eigenvalue weighted by atomic mass is 9.67. The first kappa shape index (κ1) is 13.5. The average molecular weight is 253 g/mol. The van der Waals surface area contributed by atoms with Crippen molar-refractivity contribution in [2.75, 3.05) is 6.54 Å². The number of benzene rings is 1. The van der Waals surface area contributed by atoms with Crippen LogP contribution in [0.25, 0.3) is 0 Å². The van der Waals surface area contributed by atoms with E-state index >= 15 is 0 Å². The highest BCUT2D eigenvalue weighted by Gasteiger charge is 2.34. The van der Waals surface area contributed by atoms with Gasteiger partial charge in [0.2, 0.25) is 0 Å². The van der Waals surface area contributed by atoms with Crippen LogP contribution < -0.4 is 5.32 Å². The highest BCUT2D eigenvalue weighted by atomic mass is 19.2. The summed E-state index contributed by atoms with van der Waals surface area (Å²) >= 11 is 0. The molecule has 0 radical (unpaired) electrons. The van der Waals surface area contributed by atoms with Gasteiger partial charge in [0.25, 0.3) is 0 Å². The molecule has 0 bridgehead atoms. The molecule has 0 spiro atoms. The molecule has 0 heterocycles. The van der Waals surface area contributed by atoms with Gasteiger partial charge in [0, 0.05) is 12.6 Å². The summed E-state index contributed by atoms with van der Waals surface area (Å²) in [4.78, 5) is 0. The minimum atomic E-state index is -0.782. The van der Waals surface area contributed by atoms with Crippen LogP contribution in [-0.4, -0.2) is 6.54 Å². The summed E-state index contributed by atoms with van der Waals surface area (Å²) < 4.78 is 26.0. The molecule has 100 valence electrons. The van der Waals surface area contributed by atoms with E-state index in [1.54, 1.807) is 6.07 Å². The maximum atomic E-state index is 13.2. The topological polar surface area (TPSA) is 12.0 Å². The molecule has 1 aromatic carbocycles. The largest absolute Gasteiger partial charge is 0.310 e. The van der Waals surface area contributed by atoms with Gasteiger partial charge in [-0.25, -0.2) is 8.78 Å². The van der Waals surface area contributed by atoms with Gasteiger partial charge >= 0.3 is 0 Å². The van der Waals surface area contributed by atoms with Crippen molar-refractivity contribution in [3.63, 3.8) is 0 Å². The zero-order chi connectivity index (χ0) is 13.2. The summed E-state index contributed by atoms with van der Waals surface area (Å²) in [6.45, 7) is 5.18. The summed E-state index contributed by atoms with van der Waals surface area (Å²) in [6.07, 6.45) is 5.06. The molecule has 2 rings (SSSR count). The quantitative estimate of drug-likeness (QED) is 0.829. The number of hydrogen-bond donors (Lipinski definition) is 1. The lowest BCUT2D eigenvalue weighted by Gasteiger charge is -2.42. The summed E-state index contributed by atoms with van der Waals surface area (Å²) in [5.41, 5.74) is 1.24. The van der Waals surface area contributed by atoms with E-state index in [0.717, 1.165) is 12.1 Å². The third-order valence-corrected chi connectivity index (χ3v) is 4.39. The van der Waals surface area contributed by atoms with E-state index in [9.17, 15) is 8.78 Å². The molecule has 1 aromatic rings. The van der Waals surface area contributed by atoms with Crippen LogP contribution in [0.3, 0.4) is 0 Å². The zero-order valence-electron chi connectivity index (χ0n) is 11.1. The predicted molar refractivity (Wildman–Crippen MR) is 69.4 cm³/mol. The minimum Gasteiger partial charge on any atom is -0.310 e. The standard InChI is InChI=1S/C15H21F2N/c1-3-15(7-4-8-15)10-18-11(2)12-5-6-13(16)14(17)9-12/h5-6,9,11,18H,3-4,7-8,10H2,1-2H3. The van der Waals surface area contributed by atoms with Crippen LogP contribution in [-0.2, 0) is 0 Å². The van der Waals surface area contributed by atoms with Gasteiger partial charge in [-0.1, -0.05) is 19.4 Å². The maximum absolute atomic E-state index is 13.2. The van der Waals surface area contributed by atoms with Gasteiger partial charge in [-0.15, -0.1) is 0 Å². The number of nitrogens with one attached hydrogen (secondary N) is 1. The molecule has 1 saturated carbocycles. The first-order valence-electron chi connectivity index (χ1n) is 6.75. The fourth-order valence-electron chi connectivity index (χ4n) is 2.60. The molecule has 18 heavy (non-hydrogen) atoms. The molecule has 1 N–H and O–H groups in total. The molecule has 0 aliphatic heterocycles. The van der Waals surface area contributed by atoms with Crippen LogP contribution in [0.4, 0.5) is 8.78 Å². The molecule has 1 nitrogen and oxygen atoms in total. The van der Waals surface area contributed by atoms with Crippen molar-refractivity contribution >= 4 is 0 Å². The van der Waals surface area contributed by atoms with Gasteiger partial charge in [-0.05, 0) is 49.3 Å². The van der Waals surface area contributed by atoms with E-state index in [-0.39, 0.29) is 6.04 Å². The Hall–Kier alpha value is -0.960. The molecule has 0 aromatic heterocycles. The van der Waals surface area contributed by atoms with Gasteiger partial charge in [-0.3, -0.25) is 0 Å². The number of rotatable bonds is 5. The Morgan fingerprint density at radius 3 is 2.50 bits per heavy atom. The Bertz CT molecular complexity index is 407. The third kappa shape index (κ3) is 2.72. The lowest BCUT2D eigenvalue weighted by Crippen LogP contribution is -2.40. The van der Waals surface area contributed by atoms with Crippen molar-refractivity contribution in [1.29, 1.82) is 0 Å². The highest BCUT2D eigenvalue weighted by Crippen LogP contribution is 2.43. The normalized spacial score (nSPS) is 19.3. The smallest absolute Gasteiger partial charge is 0.159 e. The second-order valence-electron chi connectivity index (χ2n) is 5.48. The fourth-order valence-corrected chi connectivity index (χ4v) is 2.60. The van der Waals surface area contributed by atoms with Crippen LogP contribution in [0.1, 0.15) is 51.1 Å². The summed E-state index contributed by atoms with van der Waals surface area (Å²) in [5, 5.41) is 3.45. The first-order chi connectivity index (χ1) is 8.56. The SMILES string of the molecule is CCC1(CNC(C)c2ccc(F)c(F)c2)CCC1. The van der Waals surface area contributed by atoms with Crippen LogP contribution in [0.15, 0.2) is 18.2 Å². The Morgan fingerprint density at radius 2 is 2.00 bits per heavy atom. The molecule has 1 unspecified atom stereocenters. The highest BCUT2D eigenvalue weighted by molar-refractivity contribution is 5.20. The monoisotopic (exact) mass is 253 g/mol. The Kier molecular flexibility index (Phi) is 4.00. The van der Waals surface area contributed by atoms with Crippen molar-refractivity contribution < 1.29 is 8.78 Å². The van der Waals surface area contributed by atoms with Crippen molar-refractivity contribution in [3.05, 3.63) is 35.4 Å². The average Bonchev–Trinajstić information content (AvgIpc) is 2.31. The van der Waals surface area contributed by atoms with Crippen LogP contribution in [0, 0.1) is 17.0 Å². The van der Waals surface area contributed by atoms with Crippen molar-refractivity contribution in [3.8, 4) is 0 Å². The second-order valence-corrected chi connectivity index (χ2v) is 5.48. The lowest BCUT2D eigenvalue weighted by molar-refractivity contribution is 0.120. The van der Waals surface area contributed by atoms with E-state index in [0.29, 0.717) is 5.41 Å². The molecule has 1 fully saturated rings. The summed E-state index contributed by atoms with van der Waals surface area (Å²) in [7, 11) is 0. The number of hydrogen-bond acceptors (Lipinski definition) is 1. The third-order valence-electron chi connectivity index (χ3n) is 4.39. The Balaban J connectivity index is 1.94. The van der Waals surface area contributed by atoms with Crippen LogP contribution in [0.5, 0.6) is 0 Å². The summed E-state index contributed by atoms with van der Waals surface area (Å²) in [6, 6.07) is 4.19. The Morgan fingerprint density at radius 1 is 1.28 bits per heavy atom.